The molecule has 17 nitrogen and oxygen atoms in total. The minimum Gasteiger partial charge on any atom is -0.504 e. The van der Waals surface area contributed by atoms with Crippen molar-refractivity contribution in [3.05, 3.63) is 66.7 Å². The molecule has 0 atom stereocenters. The van der Waals surface area contributed by atoms with Crippen molar-refractivity contribution in [2.75, 3.05) is 0 Å². The number of fused-ring (bicyclic) bond motifs is 1. The van der Waals surface area contributed by atoms with E-state index < -0.39 is 77.2 Å². The first-order chi connectivity index (χ1) is 19.8. The first-order valence-corrected chi connectivity index (χ1v) is 16.8. The SMILES string of the molecule is O=S(=O)(O)c1ccc2c(N=Nc3ccc(N=Nc4ccccc4S(=O)(=O)O)cc3S(=O)(=O)O)c(O)c(S(=O)(=O)O)cc2c1.[Na].[Na].[Na].[Na]. The van der Waals surface area contributed by atoms with Gasteiger partial charge >= 0.3 is 0 Å². The van der Waals surface area contributed by atoms with Crippen molar-refractivity contribution in [3.8, 4) is 5.75 Å². The maximum Gasteiger partial charge on any atom is 0.298 e. The van der Waals surface area contributed by atoms with E-state index in [1.807, 2.05) is 0 Å². The van der Waals surface area contributed by atoms with Crippen molar-refractivity contribution in [1.82, 2.24) is 0 Å². The first-order valence-electron chi connectivity index (χ1n) is 11.0. The van der Waals surface area contributed by atoms with E-state index in [0.717, 1.165) is 42.5 Å². The average molecular weight is 765 g/mol. The van der Waals surface area contributed by atoms with E-state index in [9.17, 15) is 57.0 Å². The van der Waals surface area contributed by atoms with Crippen LogP contribution in [0.1, 0.15) is 0 Å². The minimum atomic E-state index is -5.13. The normalized spacial score (nSPS) is 12.2. The van der Waals surface area contributed by atoms with Gasteiger partial charge in [0.15, 0.2) is 5.75 Å². The number of nitrogens with zero attached hydrogens (tertiary/aromatic N) is 4. The van der Waals surface area contributed by atoms with Gasteiger partial charge in [-0.2, -0.15) is 38.8 Å². The topological polar surface area (TPSA) is 287 Å². The van der Waals surface area contributed by atoms with Crippen molar-refractivity contribution in [3.63, 3.8) is 0 Å². The van der Waals surface area contributed by atoms with Gasteiger partial charge in [-0.05, 0) is 53.9 Å². The summed E-state index contributed by atoms with van der Waals surface area (Å²) in [5.41, 5.74) is -1.82. The van der Waals surface area contributed by atoms with Crippen molar-refractivity contribution < 1.29 is 57.0 Å². The summed E-state index contributed by atoms with van der Waals surface area (Å²) < 4.78 is 132. The summed E-state index contributed by atoms with van der Waals surface area (Å²) >= 11 is 0. The Hall–Kier alpha value is -0.220. The second-order valence-electron chi connectivity index (χ2n) is 8.37. The zero-order valence-corrected chi connectivity index (χ0v) is 36.0. The van der Waals surface area contributed by atoms with Crippen LogP contribution in [0.3, 0.4) is 0 Å². The van der Waals surface area contributed by atoms with Crippen molar-refractivity contribution in [1.29, 1.82) is 0 Å². The third-order valence-corrected chi connectivity index (χ3v) is 8.99. The van der Waals surface area contributed by atoms with Crippen LogP contribution in [-0.2, 0) is 40.5 Å². The van der Waals surface area contributed by atoms with Crippen LogP contribution < -0.4 is 0 Å². The number of phenolic OH excluding ortho intramolecular Hbond substituents is 1. The number of hydrogen-bond acceptors (Lipinski definition) is 13. The molecule has 4 rings (SSSR count). The van der Waals surface area contributed by atoms with Gasteiger partial charge in [0.25, 0.3) is 40.5 Å². The summed E-state index contributed by atoms with van der Waals surface area (Å²) in [5.74, 6) is -1.16. The molecule has 47 heavy (non-hydrogen) atoms. The third-order valence-electron chi connectivity index (χ3n) is 5.49. The van der Waals surface area contributed by atoms with Crippen LogP contribution in [0.15, 0.2) is 107 Å². The Bertz CT molecular complexity index is 2320. The van der Waals surface area contributed by atoms with Gasteiger partial charge in [-0.25, -0.2) is 0 Å². The van der Waals surface area contributed by atoms with E-state index in [4.69, 9.17) is 0 Å². The Morgan fingerprint density at radius 3 is 1.57 bits per heavy atom. The summed E-state index contributed by atoms with van der Waals surface area (Å²) in [4.78, 5) is -3.31. The average Bonchev–Trinajstić information content (AvgIpc) is 2.89. The number of hydrogen-bond donors (Lipinski definition) is 5. The molecule has 25 heteroatoms. The van der Waals surface area contributed by atoms with Crippen LogP contribution in [0.5, 0.6) is 5.75 Å². The zero-order chi connectivity index (χ0) is 32.0. The molecule has 0 aliphatic heterocycles. The fourth-order valence-electron chi connectivity index (χ4n) is 3.62. The number of benzene rings is 4. The predicted molar refractivity (Wildman–Crippen MR) is 169 cm³/mol. The first kappa shape index (κ1) is 46.8. The standard InChI is InChI=1S/C22H16N4O13S4.4Na/c27-22-20(43(37,38)39)10-12-9-14(40(28,29)30)6-7-15(12)21(22)26-25-17-8-5-13(11-19(17)42(34,35)36)23-24-16-3-1-2-4-18(16)41(31,32)33;;;;/h1-11,27H,(H,28,29,30)(H,31,32,33)(H,34,35,36)(H,37,38,39);;;;. The Kier molecular flexibility index (Phi) is 17.7. The quantitative estimate of drug-likeness (QED) is 0.0981. The minimum absolute atomic E-state index is 0. The molecular weight excluding hydrogens is 748 g/mol. The molecule has 0 aliphatic carbocycles. The smallest absolute Gasteiger partial charge is 0.298 e. The van der Waals surface area contributed by atoms with E-state index in [2.05, 4.69) is 20.5 Å². The fourth-order valence-corrected chi connectivity index (χ4v) is 6.02. The predicted octanol–water partition coefficient (Wildman–Crippen LogP) is 2.84. The van der Waals surface area contributed by atoms with Crippen molar-refractivity contribution in [2.24, 2.45) is 20.5 Å². The monoisotopic (exact) mass is 764 g/mol. The molecule has 4 radical (unpaired) electrons. The summed E-state index contributed by atoms with van der Waals surface area (Å²) in [6.45, 7) is 0. The molecular formula is C22H16N4Na4O13S4. The van der Waals surface area contributed by atoms with Crippen LogP contribution in [0, 0.1) is 0 Å². The molecule has 0 fully saturated rings. The van der Waals surface area contributed by atoms with Crippen LogP contribution in [0.2, 0.25) is 0 Å². The summed E-state index contributed by atoms with van der Waals surface area (Å²) in [6, 6.07) is 11.1. The third kappa shape index (κ3) is 11.7. The van der Waals surface area contributed by atoms with E-state index >= 15 is 0 Å². The maximum absolute atomic E-state index is 12.1. The molecule has 0 bridgehead atoms. The molecule has 4 aromatic carbocycles. The van der Waals surface area contributed by atoms with Gasteiger partial charge in [-0.3, -0.25) is 18.2 Å². The van der Waals surface area contributed by atoms with Crippen LogP contribution in [0.4, 0.5) is 22.7 Å². The molecule has 0 aliphatic rings. The van der Waals surface area contributed by atoms with Crippen molar-refractivity contribution >= 4 is 192 Å². The van der Waals surface area contributed by atoms with Crippen LogP contribution >= 0.6 is 0 Å². The second-order valence-corrected chi connectivity index (χ2v) is 14.0. The largest absolute Gasteiger partial charge is 0.504 e. The van der Waals surface area contributed by atoms with Crippen molar-refractivity contribution in [2.45, 2.75) is 19.6 Å². The molecule has 0 unspecified atom stereocenters. The Balaban J connectivity index is 0.00000529. The van der Waals surface area contributed by atoms with E-state index in [1.54, 1.807) is 0 Å². The molecule has 0 saturated carbocycles. The fraction of sp³-hybridized carbons (Fsp3) is 0. The van der Waals surface area contributed by atoms with E-state index in [0.29, 0.717) is 6.07 Å². The van der Waals surface area contributed by atoms with Gasteiger partial charge in [0.1, 0.15) is 31.7 Å². The van der Waals surface area contributed by atoms with E-state index in [-0.39, 0.29) is 140 Å². The molecule has 5 N–H and O–H groups in total. The van der Waals surface area contributed by atoms with Gasteiger partial charge in [0.05, 0.1) is 10.6 Å². The number of rotatable bonds is 8. The maximum atomic E-state index is 12.1. The number of aromatic hydroxyl groups is 1. The molecule has 0 aromatic heterocycles. The molecule has 0 saturated heterocycles. The van der Waals surface area contributed by atoms with Gasteiger partial charge in [-0.15, -0.1) is 15.3 Å². The van der Waals surface area contributed by atoms with Gasteiger partial charge < -0.3 is 5.11 Å². The number of azo groups is 2. The molecule has 0 spiro atoms. The summed E-state index contributed by atoms with van der Waals surface area (Å²) in [6.07, 6.45) is 0. The van der Waals surface area contributed by atoms with Gasteiger partial charge in [0.2, 0.25) is 0 Å². The van der Waals surface area contributed by atoms with E-state index in [1.165, 1.54) is 18.2 Å². The molecule has 4 aromatic rings. The summed E-state index contributed by atoms with van der Waals surface area (Å²) in [7, 11) is -19.6. The Morgan fingerprint density at radius 2 is 1.02 bits per heavy atom. The number of phenols is 1. The second kappa shape index (κ2) is 17.8. The molecule has 0 heterocycles. The van der Waals surface area contributed by atoms with Gasteiger partial charge in [-0.1, -0.05) is 18.2 Å². The Labute approximate surface area is 356 Å². The molecule has 230 valence electrons. The summed E-state index contributed by atoms with van der Waals surface area (Å²) in [5, 5.41) is 24.8. The van der Waals surface area contributed by atoms with Crippen LogP contribution in [0.25, 0.3) is 10.8 Å². The molecule has 0 amide bonds. The Morgan fingerprint density at radius 1 is 0.489 bits per heavy atom. The zero-order valence-electron chi connectivity index (χ0n) is 24.8. The van der Waals surface area contributed by atoms with Crippen LogP contribution in [-0.4, -0.2) is 175 Å². The van der Waals surface area contributed by atoms with Gasteiger partial charge in [0, 0.05) is 124 Å².